The van der Waals surface area contributed by atoms with Gasteiger partial charge in [0.1, 0.15) is 18.2 Å². The van der Waals surface area contributed by atoms with Gasteiger partial charge in [-0.05, 0) is 19.8 Å². The fourth-order valence-electron chi connectivity index (χ4n) is 2.37. The van der Waals surface area contributed by atoms with Gasteiger partial charge < -0.3 is 15.3 Å². The van der Waals surface area contributed by atoms with Crippen LogP contribution in [0.25, 0.3) is 0 Å². The van der Waals surface area contributed by atoms with Crippen molar-refractivity contribution >= 4 is 12.0 Å². The van der Waals surface area contributed by atoms with Gasteiger partial charge in [-0.25, -0.2) is 14.6 Å². The lowest BCUT2D eigenvalue weighted by Gasteiger charge is -2.28. The second-order valence-electron chi connectivity index (χ2n) is 4.94. The standard InChI is InChI=1S/C12H19N5O3/c1-8(10-13-7-14-16-10)15-12(20)17-6-4-2-3-5-9(17)11(18)19/h7-9H,2-6H2,1H3,(H,15,20)(H,18,19)(H,13,14,16). The van der Waals surface area contributed by atoms with Crippen LogP contribution in [0.1, 0.15) is 44.5 Å². The molecule has 0 spiro atoms. The Labute approximate surface area is 116 Å². The number of aliphatic carboxylic acids is 1. The average molecular weight is 281 g/mol. The summed E-state index contributed by atoms with van der Waals surface area (Å²) in [5.74, 6) is -0.408. The summed E-state index contributed by atoms with van der Waals surface area (Å²) in [7, 11) is 0. The second-order valence-corrected chi connectivity index (χ2v) is 4.94. The number of amides is 2. The third kappa shape index (κ3) is 3.25. The first kappa shape index (κ1) is 14.3. The monoisotopic (exact) mass is 281 g/mol. The molecule has 3 N–H and O–H groups in total. The summed E-state index contributed by atoms with van der Waals surface area (Å²) >= 11 is 0. The number of urea groups is 1. The Morgan fingerprint density at radius 2 is 2.30 bits per heavy atom. The minimum Gasteiger partial charge on any atom is -0.480 e. The molecule has 2 amide bonds. The number of nitrogens with zero attached hydrogens (tertiary/aromatic N) is 3. The molecule has 2 rings (SSSR count). The first-order valence-corrected chi connectivity index (χ1v) is 6.75. The molecular formula is C12H19N5O3. The summed E-state index contributed by atoms with van der Waals surface area (Å²) in [5.41, 5.74) is 0. The van der Waals surface area contributed by atoms with Crippen molar-refractivity contribution in [2.24, 2.45) is 0 Å². The Hall–Kier alpha value is -2.12. The van der Waals surface area contributed by atoms with Gasteiger partial charge >= 0.3 is 12.0 Å². The molecule has 110 valence electrons. The number of rotatable bonds is 3. The number of carboxylic acids is 1. The van der Waals surface area contributed by atoms with Crippen molar-refractivity contribution in [3.05, 3.63) is 12.2 Å². The third-order valence-corrected chi connectivity index (χ3v) is 3.48. The van der Waals surface area contributed by atoms with Gasteiger partial charge in [0.05, 0.1) is 6.04 Å². The van der Waals surface area contributed by atoms with Crippen molar-refractivity contribution in [1.29, 1.82) is 0 Å². The van der Waals surface area contributed by atoms with Crippen molar-refractivity contribution in [3.63, 3.8) is 0 Å². The van der Waals surface area contributed by atoms with Gasteiger partial charge in [-0.3, -0.25) is 5.10 Å². The molecule has 0 aliphatic carbocycles. The molecule has 0 saturated carbocycles. The summed E-state index contributed by atoms with van der Waals surface area (Å²) < 4.78 is 0. The van der Waals surface area contributed by atoms with E-state index in [4.69, 9.17) is 0 Å². The molecule has 1 saturated heterocycles. The Balaban J connectivity index is 2.03. The average Bonchev–Trinajstić information content (AvgIpc) is 2.82. The van der Waals surface area contributed by atoms with Crippen LogP contribution in [-0.2, 0) is 4.79 Å². The van der Waals surface area contributed by atoms with Crippen LogP contribution in [0.5, 0.6) is 0 Å². The molecule has 1 aromatic heterocycles. The quantitative estimate of drug-likeness (QED) is 0.762. The third-order valence-electron chi connectivity index (χ3n) is 3.48. The largest absolute Gasteiger partial charge is 0.480 e. The van der Waals surface area contributed by atoms with Gasteiger partial charge in [-0.1, -0.05) is 12.8 Å². The van der Waals surface area contributed by atoms with E-state index in [-0.39, 0.29) is 12.1 Å². The van der Waals surface area contributed by atoms with Gasteiger partial charge in [0.2, 0.25) is 0 Å². The molecule has 0 radical (unpaired) electrons. The van der Waals surface area contributed by atoms with E-state index in [0.29, 0.717) is 18.8 Å². The molecule has 0 aromatic carbocycles. The highest BCUT2D eigenvalue weighted by Crippen LogP contribution is 2.18. The number of H-pyrrole nitrogens is 1. The van der Waals surface area contributed by atoms with Crippen molar-refractivity contribution in [1.82, 2.24) is 25.4 Å². The zero-order valence-corrected chi connectivity index (χ0v) is 11.4. The molecule has 1 aliphatic heterocycles. The maximum absolute atomic E-state index is 12.3. The minimum absolute atomic E-state index is 0.345. The summed E-state index contributed by atoms with van der Waals surface area (Å²) in [6.07, 6.45) is 4.47. The maximum Gasteiger partial charge on any atom is 0.326 e. The Kier molecular flexibility index (Phi) is 4.54. The highest BCUT2D eigenvalue weighted by Gasteiger charge is 2.31. The fourth-order valence-corrected chi connectivity index (χ4v) is 2.37. The molecule has 2 unspecified atom stereocenters. The number of hydrogen-bond acceptors (Lipinski definition) is 4. The lowest BCUT2D eigenvalue weighted by Crippen LogP contribution is -2.49. The lowest BCUT2D eigenvalue weighted by atomic mass is 10.1. The molecule has 8 heteroatoms. The molecule has 2 atom stereocenters. The number of aromatic amines is 1. The predicted molar refractivity (Wildman–Crippen MR) is 69.9 cm³/mol. The van der Waals surface area contributed by atoms with Gasteiger partial charge in [-0.2, -0.15) is 5.10 Å². The van der Waals surface area contributed by atoms with Crippen LogP contribution in [0.4, 0.5) is 4.79 Å². The van der Waals surface area contributed by atoms with Gasteiger partial charge in [0.25, 0.3) is 0 Å². The molecule has 1 fully saturated rings. The van der Waals surface area contributed by atoms with Crippen LogP contribution in [0, 0.1) is 0 Å². The van der Waals surface area contributed by atoms with E-state index in [1.165, 1.54) is 11.2 Å². The van der Waals surface area contributed by atoms with Gasteiger partial charge in [0.15, 0.2) is 0 Å². The molecule has 1 aliphatic rings. The smallest absolute Gasteiger partial charge is 0.326 e. The van der Waals surface area contributed by atoms with Crippen LogP contribution >= 0.6 is 0 Å². The van der Waals surface area contributed by atoms with Crippen LogP contribution in [0.3, 0.4) is 0 Å². The Morgan fingerprint density at radius 3 is 2.95 bits per heavy atom. The van der Waals surface area contributed by atoms with E-state index in [0.717, 1.165) is 19.3 Å². The molecule has 2 heterocycles. The van der Waals surface area contributed by atoms with E-state index in [9.17, 15) is 14.7 Å². The normalized spacial score (nSPS) is 21.1. The summed E-state index contributed by atoms with van der Waals surface area (Å²) in [5, 5.41) is 18.4. The van der Waals surface area contributed by atoms with Gasteiger partial charge in [0, 0.05) is 6.54 Å². The number of likely N-dealkylation sites (tertiary alicyclic amines) is 1. The van der Waals surface area contributed by atoms with E-state index in [1.54, 1.807) is 6.92 Å². The van der Waals surface area contributed by atoms with Crippen LogP contribution in [0.2, 0.25) is 0 Å². The topological polar surface area (TPSA) is 111 Å². The number of carbonyl (C=O) groups excluding carboxylic acids is 1. The fraction of sp³-hybridized carbons (Fsp3) is 0.667. The molecule has 8 nitrogen and oxygen atoms in total. The number of carbonyl (C=O) groups is 2. The number of hydrogen-bond donors (Lipinski definition) is 3. The zero-order chi connectivity index (χ0) is 14.5. The molecular weight excluding hydrogens is 262 g/mol. The Bertz CT molecular complexity index is 462. The van der Waals surface area contributed by atoms with E-state index in [2.05, 4.69) is 20.5 Å². The van der Waals surface area contributed by atoms with Crippen molar-refractivity contribution in [2.45, 2.75) is 44.7 Å². The summed E-state index contributed by atoms with van der Waals surface area (Å²) in [4.78, 5) is 28.9. The first-order valence-electron chi connectivity index (χ1n) is 6.75. The van der Waals surface area contributed by atoms with Crippen molar-refractivity contribution < 1.29 is 14.7 Å². The zero-order valence-electron chi connectivity index (χ0n) is 11.4. The van der Waals surface area contributed by atoms with Crippen molar-refractivity contribution in [3.8, 4) is 0 Å². The van der Waals surface area contributed by atoms with E-state index >= 15 is 0 Å². The molecule has 1 aromatic rings. The highest BCUT2D eigenvalue weighted by atomic mass is 16.4. The van der Waals surface area contributed by atoms with Crippen LogP contribution in [-0.4, -0.2) is 49.8 Å². The van der Waals surface area contributed by atoms with Crippen LogP contribution in [0.15, 0.2) is 6.33 Å². The van der Waals surface area contributed by atoms with E-state index in [1.807, 2.05) is 0 Å². The summed E-state index contributed by atoms with van der Waals surface area (Å²) in [6, 6.07) is -1.47. The first-order chi connectivity index (χ1) is 9.59. The number of carboxylic acid groups (broad SMARTS) is 1. The maximum atomic E-state index is 12.3. The predicted octanol–water partition coefficient (Wildman–Crippen LogP) is 0.904. The Morgan fingerprint density at radius 1 is 1.50 bits per heavy atom. The number of nitrogens with one attached hydrogen (secondary N) is 2. The van der Waals surface area contributed by atoms with Crippen molar-refractivity contribution in [2.75, 3.05) is 6.54 Å². The van der Waals surface area contributed by atoms with E-state index < -0.39 is 12.0 Å². The summed E-state index contributed by atoms with van der Waals surface area (Å²) in [6.45, 7) is 2.23. The second kappa shape index (κ2) is 6.36. The lowest BCUT2D eigenvalue weighted by molar-refractivity contribution is -0.142. The van der Waals surface area contributed by atoms with Crippen LogP contribution < -0.4 is 5.32 Å². The highest BCUT2D eigenvalue weighted by molar-refractivity contribution is 5.82. The van der Waals surface area contributed by atoms with Gasteiger partial charge in [-0.15, -0.1) is 0 Å². The number of aromatic nitrogens is 3. The molecule has 20 heavy (non-hydrogen) atoms. The SMILES string of the molecule is CC(NC(=O)N1CCCCCC1C(=O)O)c1ncn[nH]1. The molecule has 0 bridgehead atoms. The minimum atomic E-state index is -0.950.